The van der Waals surface area contributed by atoms with E-state index < -0.39 is 0 Å². The lowest BCUT2D eigenvalue weighted by molar-refractivity contribution is 0.218. The van der Waals surface area contributed by atoms with Gasteiger partial charge in [-0.25, -0.2) is 0 Å². The van der Waals surface area contributed by atoms with Crippen LogP contribution >= 0.6 is 0 Å². The van der Waals surface area contributed by atoms with E-state index in [4.69, 9.17) is 6.42 Å². The van der Waals surface area contributed by atoms with Crippen LogP contribution in [0.15, 0.2) is 12.7 Å². The van der Waals surface area contributed by atoms with Crippen LogP contribution in [-0.4, -0.2) is 23.5 Å². The molecule has 0 fully saturated rings. The molecule has 0 aromatic carbocycles. The molecule has 0 N–H and O–H groups in total. The van der Waals surface area contributed by atoms with E-state index in [1.807, 2.05) is 6.08 Å². The minimum absolute atomic E-state index is 0.367. The maximum absolute atomic E-state index is 5.23. The molecule has 11 heavy (non-hydrogen) atoms. The van der Waals surface area contributed by atoms with Gasteiger partial charge in [-0.1, -0.05) is 12.0 Å². The Kier molecular flexibility index (Phi) is 4.65. The van der Waals surface area contributed by atoms with Gasteiger partial charge in [0.1, 0.15) is 0 Å². The summed E-state index contributed by atoms with van der Waals surface area (Å²) in [4.78, 5) is 2.22. The zero-order valence-electron chi connectivity index (χ0n) is 7.67. The third-order valence-corrected chi connectivity index (χ3v) is 1.80. The molecule has 0 aromatic rings. The van der Waals surface area contributed by atoms with Crippen molar-refractivity contribution in [1.29, 1.82) is 0 Å². The van der Waals surface area contributed by atoms with E-state index in [-0.39, 0.29) is 0 Å². The van der Waals surface area contributed by atoms with Gasteiger partial charge in [0.25, 0.3) is 0 Å². The first-order chi connectivity index (χ1) is 5.13. The molecule has 0 aliphatic heterocycles. The van der Waals surface area contributed by atoms with Crippen LogP contribution in [0, 0.1) is 12.3 Å². The molecular formula is C10H17N. The van der Waals surface area contributed by atoms with Gasteiger partial charge in [-0.15, -0.1) is 13.0 Å². The Hall–Kier alpha value is -0.740. The van der Waals surface area contributed by atoms with E-state index in [9.17, 15) is 0 Å². The van der Waals surface area contributed by atoms with Crippen LogP contribution in [0.1, 0.15) is 20.8 Å². The molecule has 0 rings (SSSR count). The van der Waals surface area contributed by atoms with Gasteiger partial charge in [-0.2, -0.15) is 0 Å². The molecule has 0 spiro atoms. The number of hydrogen-bond acceptors (Lipinski definition) is 1. The first-order valence-electron chi connectivity index (χ1n) is 3.95. The van der Waals surface area contributed by atoms with Crippen LogP contribution in [0.3, 0.4) is 0 Å². The lowest BCUT2D eigenvalue weighted by Gasteiger charge is -2.28. The topological polar surface area (TPSA) is 3.24 Å². The number of nitrogens with zero attached hydrogens (tertiary/aromatic N) is 1. The summed E-state index contributed by atoms with van der Waals surface area (Å²) in [6.07, 6.45) is 7.15. The average molecular weight is 151 g/mol. The van der Waals surface area contributed by atoms with E-state index in [0.717, 1.165) is 0 Å². The Morgan fingerprint density at radius 2 is 2.09 bits per heavy atom. The Labute approximate surface area is 70.1 Å². The molecule has 0 aliphatic carbocycles. The molecule has 0 heterocycles. The molecule has 0 bridgehead atoms. The van der Waals surface area contributed by atoms with Crippen LogP contribution in [0.25, 0.3) is 0 Å². The second kappa shape index (κ2) is 4.98. The second-order valence-electron chi connectivity index (χ2n) is 2.95. The molecule has 1 atom stereocenters. The summed E-state index contributed by atoms with van der Waals surface area (Å²) in [6, 6.07) is 0.852. The molecule has 0 aliphatic rings. The second-order valence-corrected chi connectivity index (χ2v) is 2.95. The Bertz CT molecular complexity index is 153. The normalized spacial score (nSPS) is 13.1. The van der Waals surface area contributed by atoms with E-state index in [2.05, 4.69) is 38.2 Å². The van der Waals surface area contributed by atoms with Gasteiger partial charge in [-0.3, -0.25) is 4.90 Å². The third kappa shape index (κ3) is 3.25. The van der Waals surface area contributed by atoms with Crippen LogP contribution < -0.4 is 0 Å². The maximum atomic E-state index is 5.23. The fourth-order valence-corrected chi connectivity index (χ4v) is 1.04. The summed E-state index contributed by atoms with van der Waals surface area (Å²) in [5.74, 6) is 2.64. The van der Waals surface area contributed by atoms with Crippen LogP contribution in [-0.2, 0) is 0 Å². The predicted octanol–water partition coefficient (Wildman–Crippen LogP) is 1.90. The van der Waals surface area contributed by atoms with E-state index in [1.54, 1.807) is 0 Å². The van der Waals surface area contributed by atoms with Crippen molar-refractivity contribution in [2.45, 2.75) is 32.9 Å². The molecular weight excluding hydrogens is 134 g/mol. The zero-order chi connectivity index (χ0) is 8.85. The Morgan fingerprint density at radius 3 is 2.36 bits per heavy atom. The van der Waals surface area contributed by atoms with Crippen molar-refractivity contribution < 1.29 is 0 Å². The maximum Gasteiger partial charge on any atom is 0.0606 e. The van der Waals surface area contributed by atoms with Crippen molar-refractivity contribution in [3.05, 3.63) is 12.7 Å². The zero-order valence-corrected chi connectivity index (χ0v) is 7.67. The highest BCUT2D eigenvalue weighted by molar-refractivity contribution is 4.94. The van der Waals surface area contributed by atoms with Crippen LogP contribution in [0.4, 0.5) is 0 Å². The third-order valence-electron chi connectivity index (χ3n) is 1.80. The molecule has 0 radical (unpaired) electrons. The van der Waals surface area contributed by atoms with Crippen molar-refractivity contribution in [3.63, 3.8) is 0 Å². The van der Waals surface area contributed by atoms with Gasteiger partial charge in [0, 0.05) is 12.1 Å². The van der Waals surface area contributed by atoms with Gasteiger partial charge in [0.15, 0.2) is 0 Å². The monoisotopic (exact) mass is 151 g/mol. The minimum Gasteiger partial charge on any atom is -0.284 e. The summed E-state index contributed by atoms with van der Waals surface area (Å²) < 4.78 is 0. The quantitative estimate of drug-likeness (QED) is 0.438. The van der Waals surface area contributed by atoms with Crippen LogP contribution in [0.5, 0.6) is 0 Å². The molecule has 1 nitrogen and oxygen atoms in total. The number of hydrogen-bond donors (Lipinski definition) is 0. The van der Waals surface area contributed by atoms with Crippen LogP contribution in [0.2, 0.25) is 0 Å². The van der Waals surface area contributed by atoms with Gasteiger partial charge >= 0.3 is 0 Å². The predicted molar refractivity (Wildman–Crippen MR) is 50.3 cm³/mol. The van der Waals surface area contributed by atoms with Crippen molar-refractivity contribution in [3.8, 4) is 12.3 Å². The SMILES string of the molecule is C#CCN(C(C)C)C(C)C=C. The summed E-state index contributed by atoms with van der Waals surface area (Å²) >= 11 is 0. The fraction of sp³-hybridized carbons (Fsp3) is 0.600. The highest BCUT2D eigenvalue weighted by Gasteiger charge is 2.11. The molecule has 0 saturated carbocycles. The Morgan fingerprint density at radius 1 is 1.55 bits per heavy atom. The molecule has 1 heteroatoms. The van der Waals surface area contributed by atoms with Gasteiger partial charge in [0.05, 0.1) is 6.54 Å². The van der Waals surface area contributed by atoms with Gasteiger partial charge in [0.2, 0.25) is 0 Å². The summed E-state index contributed by atoms with van der Waals surface area (Å²) in [7, 11) is 0. The fourth-order valence-electron chi connectivity index (χ4n) is 1.04. The molecule has 0 amide bonds. The number of rotatable bonds is 4. The number of terminal acetylenes is 1. The average Bonchev–Trinajstić information content (AvgIpc) is 1.98. The summed E-state index contributed by atoms with van der Waals surface area (Å²) in [6.45, 7) is 10.8. The smallest absolute Gasteiger partial charge is 0.0606 e. The highest BCUT2D eigenvalue weighted by Crippen LogP contribution is 2.04. The standard InChI is InChI=1S/C10H17N/c1-6-8-11(9(3)4)10(5)7-2/h1,7,9-10H,2,8H2,3-5H3. The molecule has 62 valence electrons. The minimum atomic E-state index is 0.367. The molecule has 1 unspecified atom stereocenters. The van der Waals surface area contributed by atoms with Gasteiger partial charge in [-0.05, 0) is 20.8 Å². The Balaban J connectivity index is 4.10. The van der Waals surface area contributed by atoms with Crippen molar-refractivity contribution in [2.24, 2.45) is 0 Å². The van der Waals surface area contributed by atoms with Crippen molar-refractivity contribution in [1.82, 2.24) is 4.90 Å². The first-order valence-corrected chi connectivity index (χ1v) is 3.95. The molecule has 0 saturated heterocycles. The van der Waals surface area contributed by atoms with E-state index in [0.29, 0.717) is 18.6 Å². The summed E-state index contributed by atoms with van der Waals surface area (Å²) in [5, 5.41) is 0. The highest BCUT2D eigenvalue weighted by atomic mass is 15.2. The van der Waals surface area contributed by atoms with Crippen molar-refractivity contribution >= 4 is 0 Å². The largest absolute Gasteiger partial charge is 0.284 e. The van der Waals surface area contributed by atoms with Gasteiger partial charge < -0.3 is 0 Å². The van der Waals surface area contributed by atoms with E-state index >= 15 is 0 Å². The van der Waals surface area contributed by atoms with E-state index in [1.165, 1.54) is 0 Å². The van der Waals surface area contributed by atoms with Crippen molar-refractivity contribution in [2.75, 3.05) is 6.54 Å². The lowest BCUT2D eigenvalue weighted by atomic mass is 10.2. The summed E-state index contributed by atoms with van der Waals surface area (Å²) in [5.41, 5.74) is 0. The lowest BCUT2D eigenvalue weighted by Crippen LogP contribution is -2.37. The molecule has 0 aromatic heterocycles. The first kappa shape index (κ1) is 10.3.